The maximum absolute atomic E-state index is 12.4. The highest BCUT2D eigenvalue weighted by molar-refractivity contribution is 7.89. The Morgan fingerprint density at radius 3 is 2.35 bits per heavy atom. The van der Waals surface area contributed by atoms with E-state index in [4.69, 9.17) is 21.1 Å². The minimum Gasteiger partial charge on any atom is -0.495 e. The second kappa shape index (κ2) is 7.97. The molecule has 26 heavy (non-hydrogen) atoms. The van der Waals surface area contributed by atoms with Gasteiger partial charge < -0.3 is 9.47 Å². The van der Waals surface area contributed by atoms with Crippen molar-refractivity contribution in [3.8, 4) is 11.5 Å². The molecule has 0 aromatic heterocycles. The van der Waals surface area contributed by atoms with Crippen molar-refractivity contribution in [1.29, 1.82) is 0 Å². The molecule has 0 fully saturated rings. The third-order valence-corrected chi connectivity index (χ3v) is 4.58. The van der Waals surface area contributed by atoms with Crippen molar-refractivity contribution in [3.63, 3.8) is 0 Å². The van der Waals surface area contributed by atoms with E-state index in [-0.39, 0.29) is 21.3 Å². The minimum absolute atomic E-state index is 0.0847. The molecule has 0 aliphatic carbocycles. The van der Waals surface area contributed by atoms with E-state index in [9.17, 15) is 8.42 Å². The molecule has 0 atom stereocenters. The van der Waals surface area contributed by atoms with Gasteiger partial charge in [0.05, 0.1) is 13.3 Å². The van der Waals surface area contributed by atoms with Crippen molar-refractivity contribution >= 4 is 27.8 Å². The number of methoxy groups -OCH3 is 1. The lowest BCUT2D eigenvalue weighted by molar-refractivity contribution is 0.131. The topological polar surface area (TPSA) is 77.0 Å². The molecule has 0 saturated carbocycles. The number of nitrogens with zero attached hydrogens (tertiary/aromatic N) is 1. The summed E-state index contributed by atoms with van der Waals surface area (Å²) < 4.78 is 35.6. The second-order valence-corrected chi connectivity index (χ2v) is 8.50. The van der Waals surface area contributed by atoms with E-state index in [2.05, 4.69) is 9.93 Å². The van der Waals surface area contributed by atoms with Crippen LogP contribution in [0.3, 0.4) is 0 Å². The molecule has 1 N–H and O–H groups in total. The molecule has 0 saturated heterocycles. The van der Waals surface area contributed by atoms with E-state index in [1.165, 1.54) is 25.5 Å². The fourth-order valence-corrected chi connectivity index (χ4v) is 3.28. The highest BCUT2D eigenvalue weighted by Gasteiger charge is 2.19. The van der Waals surface area contributed by atoms with Crippen molar-refractivity contribution in [2.45, 2.75) is 31.3 Å². The number of benzene rings is 2. The summed E-state index contributed by atoms with van der Waals surface area (Å²) in [6.07, 6.45) is 1.40. The van der Waals surface area contributed by atoms with Gasteiger partial charge in [-0.3, -0.25) is 0 Å². The third-order valence-electron chi connectivity index (χ3n) is 3.11. The summed E-state index contributed by atoms with van der Waals surface area (Å²) >= 11 is 5.87. The number of ether oxygens (including phenoxy) is 2. The summed E-state index contributed by atoms with van der Waals surface area (Å²) in [5, 5.41) is 4.08. The highest BCUT2D eigenvalue weighted by Crippen LogP contribution is 2.26. The number of sulfonamides is 1. The molecule has 8 heteroatoms. The van der Waals surface area contributed by atoms with Gasteiger partial charge >= 0.3 is 0 Å². The molecular weight excluding hydrogens is 376 g/mol. The Bertz CT molecular complexity index is 888. The Morgan fingerprint density at radius 2 is 1.77 bits per heavy atom. The number of hydrazone groups is 1. The summed E-state index contributed by atoms with van der Waals surface area (Å²) in [7, 11) is -2.53. The lowest BCUT2D eigenvalue weighted by Crippen LogP contribution is -2.22. The Balaban J connectivity index is 2.11. The van der Waals surface area contributed by atoms with E-state index in [0.717, 1.165) is 5.75 Å². The van der Waals surface area contributed by atoms with Crippen molar-refractivity contribution in [3.05, 3.63) is 53.1 Å². The van der Waals surface area contributed by atoms with Gasteiger partial charge in [-0.05, 0) is 68.8 Å². The van der Waals surface area contributed by atoms with Crippen LogP contribution in [0, 0.1) is 0 Å². The largest absolute Gasteiger partial charge is 0.495 e. The van der Waals surface area contributed by atoms with Gasteiger partial charge in [-0.15, -0.1) is 0 Å². The van der Waals surface area contributed by atoms with Crippen LogP contribution in [0.2, 0.25) is 5.02 Å². The van der Waals surface area contributed by atoms with Gasteiger partial charge in [0.15, 0.2) is 0 Å². The fraction of sp³-hybridized carbons (Fsp3) is 0.278. The Labute approximate surface area is 158 Å². The van der Waals surface area contributed by atoms with Gasteiger partial charge in [0.25, 0.3) is 10.0 Å². The van der Waals surface area contributed by atoms with Gasteiger partial charge in [-0.2, -0.15) is 18.4 Å². The highest BCUT2D eigenvalue weighted by atomic mass is 35.5. The van der Waals surface area contributed by atoms with Crippen molar-refractivity contribution < 1.29 is 17.9 Å². The maximum Gasteiger partial charge on any atom is 0.280 e. The molecule has 0 amide bonds. The Hall–Kier alpha value is -2.25. The van der Waals surface area contributed by atoms with Crippen LogP contribution in [0.1, 0.15) is 26.3 Å². The molecule has 6 nitrogen and oxygen atoms in total. The van der Waals surface area contributed by atoms with Gasteiger partial charge in [0.2, 0.25) is 0 Å². The van der Waals surface area contributed by atoms with E-state index in [1.54, 1.807) is 30.3 Å². The summed E-state index contributed by atoms with van der Waals surface area (Å²) in [6.45, 7) is 5.88. The first-order valence-electron chi connectivity index (χ1n) is 7.78. The number of rotatable bonds is 6. The van der Waals surface area contributed by atoms with Crippen LogP contribution >= 0.6 is 11.6 Å². The number of hydrogen-bond donors (Lipinski definition) is 1. The van der Waals surface area contributed by atoms with Crippen LogP contribution in [-0.4, -0.2) is 27.3 Å². The molecule has 140 valence electrons. The molecule has 2 aromatic rings. The standard InChI is InChI=1S/C18H21ClN2O4S/c1-18(2,3)25-15-8-5-13(6-9-15)12-20-21-26(22,23)17-11-14(19)7-10-16(17)24-4/h5-12,21H,1-4H3/b20-12+. The maximum atomic E-state index is 12.4. The quantitative estimate of drug-likeness (QED) is 0.594. The number of nitrogens with one attached hydrogen (secondary N) is 1. The average molecular weight is 397 g/mol. The third kappa shape index (κ3) is 5.64. The predicted molar refractivity (Wildman–Crippen MR) is 103 cm³/mol. The Morgan fingerprint density at radius 1 is 1.12 bits per heavy atom. The lowest BCUT2D eigenvalue weighted by Gasteiger charge is -2.21. The second-order valence-electron chi connectivity index (χ2n) is 6.43. The smallest absolute Gasteiger partial charge is 0.280 e. The zero-order valence-corrected chi connectivity index (χ0v) is 16.6. The van der Waals surface area contributed by atoms with E-state index < -0.39 is 10.0 Å². The molecule has 0 spiro atoms. The summed E-state index contributed by atoms with van der Waals surface area (Å²) in [4.78, 5) is 2.07. The van der Waals surface area contributed by atoms with Gasteiger partial charge in [0, 0.05) is 5.02 Å². The van der Waals surface area contributed by atoms with Crippen molar-refractivity contribution in [2.24, 2.45) is 5.10 Å². The molecule has 0 bridgehead atoms. The van der Waals surface area contributed by atoms with Gasteiger partial charge in [0.1, 0.15) is 22.0 Å². The number of hydrogen-bond acceptors (Lipinski definition) is 5. The zero-order valence-electron chi connectivity index (χ0n) is 15.0. The van der Waals surface area contributed by atoms with E-state index in [1.807, 2.05) is 20.8 Å². The van der Waals surface area contributed by atoms with Crippen molar-refractivity contribution in [1.82, 2.24) is 4.83 Å². The van der Waals surface area contributed by atoms with Gasteiger partial charge in [-0.1, -0.05) is 11.6 Å². The summed E-state index contributed by atoms with van der Waals surface area (Å²) in [5.41, 5.74) is 0.424. The molecular formula is C18H21ClN2O4S. The van der Waals surface area contributed by atoms with Crippen LogP contribution in [-0.2, 0) is 10.0 Å². The number of halogens is 1. The minimum atomic E-state index is -3.91. The predicted octanol–water partition coefficient (Wildman–Crippen LogP) is 3.84. The molecule has 0 heterocycles. The Kier molecular flexibility index (Phi) is 6.15. The normalized spacial score (nSPS) is 12.2. The van der Waals surface area contributed by atoms with Gasteiger partial charge in [-0.25, -0.2) is 0 Å². The van der Waals surface area contributed by atoms with Crippen LogP contribution in [0.5, 0.6) is 11.5 Å². The fourth-order valence-electron chi connectivity index (χ4n) is 2.06. The molecule has 0 radical (unpaired) electrons. The van der Waals surface area contributed by atoms with Crippen LogP contribution < -0.4 is 14.3 Å². The first-order chi connectivity index (χ1) is 12.1. The molecule has 0 aliphatic rings. The van der Waals surface area contributed by atoms with E-state index in [0.29, 0.717) is 5.56 Å². The first-order valence-corrected chi connectivity index (χ1v) is 9.64. The van der Waals surface area contributed by atoms with Crippen LogP contribution in [0.15, 0.2) is 52.5 Å². The molecule has 2 rings (SSSR count). The summed E-state index contributed by atoms with van der Waals surface area (Å²) in [6, 6.07) is 11.5. The van der Waals surface area contributed by atoms with Crippen LogP contribution in [0.25, 0.3) is 0 Å². The molecule has 0 aliphatic heterocycles. The molecule has 0 unspecified atom stereocenters. The average Bonchev–Trinajstić information content (AvgIpc) is 2.55. The van der Waals surface area contributed by atoms with E-state index >= 15 is 0 Å². The van der Waals surface area contributed by atoms with Crippen molar-refractivity contribution in [2.75, 3.05) is 7.11 Å². The molecule has 2 aromatic carbocycles. The SMILES string of the molecule is COc1ccc(Cl)cc1S(=O)(=O)N/N=C/c1ccc(OC(C)(C)C)cc1. The zero-order chi connectivity index (χ0) is 19.4. The summed E-state index contributed by atoms with van der Waals surface area (Å²) in [5.74, 6) is 0.902. The first kappa shape index (κ1) is 20.1. The van der Waals surface area contributed by atoms with Crippen LogP contribution in [0.4, 0.5) is 0 Å². The monoisotopic (exact) mass is 396 g/mol. The lowest BCUT2D eigenvalue weighted by atomic mass is 10.2.